The first-order chi connectivity index (χ1) is 14.4. The molecule has 0 saturated carbocycles. The number of carbonyl (C=O) groups is 2. The molecule has 0 bridgehead atoms. The topological polar surface area (TPSA) is 58.2 Å². The van der Waals surface area contributed by atoms with Gasteiger partial charge in [-0.3, -0.25) is 9.59 Å². The van der Waals surface area contributed by atoms with Crippen LogP contribution in [0, 0.1) is 3.57 Å². The fourth-order valence-electron chi connectivity index (χ4n) is 3.62. The second kappa shape index (κ2) is 8.88. The molecular weight excluding hydrogens is 503 g/mol. The number of hydrogen-bond acceptors (Lipinski definition) is 4. The predicted octanol–water partition coefficient (Wildman–Crippen LogP) is 3.30. The van der Waals surface area contributed by atoms with E-state index in [0.29, 0.717) is 22.3 Å². The van der Waals surface area contributed by atoms with E-state index in [1.54, 1.807) is 12.1 Å². The standard InChI is InChI=1S/C24H31IN4O2/c1-28(2,3)14-12-26-19-9-7-8-16-20(19)23(30)17-10-11-18(25)22(21(17)24(16)31)27-13-15-29(4,5)6/h7-11H,12-15H2,1-6H3/p+2. The number of ketones is 2. The Morgan fingerprint density at radius 2 is 1.29 bits per heavy atom. The summed E-state index contributed by atoms with van der Waals surface area (Å²) in [5.74, 6) is -0.185. The van der Waals surface area contributed by atoms with Gasteiger partial charge in [-0.2, -0.15) is 0 Å². The Kier molecular flexibility index (Phi) is 6.78. The molecule has 0 saturated heterocycles. The molecule has 2 aromatic carbocycles. The van der Waals surface area contributed by atoms with Crippen molar-refractivity contribution in [3.8, 4) is 0 Å². The third-order valence-corrected chi connectivity index (χ3v) is 6.24. The summed E-state index contributed by atoms with van der Waals surface area (Å²) in [5.41, 5.74) is 3.43. The first-order valence-electron chi connectivity index (χ1n) is 10.5. The van der Waals surface area contributed by atoms with Gasteiger partial charge in [-0.15, -0.1) is 0 Å². The quantitative estimate of drug-likeness (QED) is 0.343. The highest BCUT2D eigenvalue weighted by Gasteiger charge is 2.34. The SMILES string of the molecule is C[N+](C)(C)CCNc1cccc2c1C(=O)c1ccc(I)c(NCC[N+](C)(C)C)c1C2=O. The van der Waals surface area contributed by atoms with Gasteiger partial charge >= 0.3 is 0 Å². The molecule has 0 radical (unpaired) electrons. The van der Waals surface area contributed by atoms with Crippen molar-refractivity contribution in [3.05, 3.63) is 56.2 Å². The molecule has 0 heterocycles. The van der Waals surface area contributed by atoms with E-state index in [0.717, 1.165) is 50.1 Å². The lowest BCUT2D eigenvalue weighted by Gasteiger charge is -2.27. The fraction of sp³-hybridized carbons (Fsp3) is 0.417. The number of quaternary nitrogens is 2. The van der Waals surface area contributed by atoms with Crippen LogP contribution < -0.4 is 10.6 Å². The Bertz CT molecular complexity index is 1020. The van der Waals surface area contributed by atoms with Crippen LogP contribution in [0.1, 0.15) is 31.8 Å². The van der Waals surface area contributed by atoms with Crippen LogP contribution in [0.25, 0.3) is 0 Å². The van der Waals surface area contributed by atoms with Gasteiger partial charge in [0.25, 0.3) is 0 Å². The lowest BCUT2D eigenvalue weighted by atomic mass is 9.82. The van der Waals surface area contributed by atoms with Crippen LogP contribution in [0.5, 0.6) is 0 Å². The smallest absolute Gasteiger partial charge is 0.196 e. The van der Waals surface area contributed by atoms with Crippen molar-refractivity contribution < 1.29 is 18.6 Å². The molecule has 0 spiro atoms. The van der Waals surface area contributed by atoms with Crippen molar-refractivity contribution in [2.24, 2.45) is 0 Å². The molecule has 166 valence electrons. The number of hydrogen-bond donors (Lipinski definition) is 2. The fourth-order valence-corrected chi connectivity index (χ4v) is 4.26. The molecule has 1 aliphatic rings. The molecule has 2 N–H and O–H groups in total. The predicted molar refractivity (Wildman–Crippen MR) is 135 cm³/mol. The van der Waals surface area contributed by atoms with Gasteiger partial charge in [0.05, 0.1) is 85.3 Å². The number of rotatable bonds is 8. The zero-order chi connectivity index (χ0) is 23.0. The molecule has 2 aromatic rings. The van der Waals surface area contributed by atoms with E-state index >= 15 is 0 Å². The summed E-state index contributed by atoms with van der Waals surface area (Å²) in [5, 5.41) is 6.81. The van der Waals surface area contributed by atoms with Gasteiger partial charge in [0, 0.05) is 20.4 Å². The number of fused-ring (bicyclic) bond motifs is 2. The normalized spacial score (nSPS) is 13.6. The summed E-state index contributed by atoms with van der Waals surface area (Å²) >= 11 is 2.23. The number of halogens is 1. The molecule has 0 unspecified atom stereocenters. The summed E-state index contributed by atoms with van der Waals surface area (Å²) in [6.07, 6.45) is 0. The van der Waals surface area contributed by atoms with Crippen molar-refractivity contribution in [1.29, 1.82) is 0 Å². The molecule has 31 heavy (non-hydrogen) atoms. The highest BCUT2D eigenvalue weighted by atomic mass is 127. The summed E-state index contributed by atoms with van der Waals surface area (Å²) in [6.45, 7) is 3.25. The third-order valence-electron chi connectivity index (χ3n) is 5.34. The van der Waals surface area contributed by atoms with Crippen molar-refractivity contribution >= 4 is 45.5 Å². The summed E-state index contributed by atoms with van der Waals surface area (Å²) in [4.78, 5) is 27.0. The maximum atomic E-state index is 13.5. The van der Waals surface area contributed by atoms with Gasteiger partial charge in [-0.05, 0) is 40.8 Å². The number of carbonyl (C=O) groups excluding carboxylic acids is 2. The van der Waals surface area contributed by atoms with Crippen LogP contribution in [-0.4, -0.2) is 89.0 Å². The average Bonchev–Trinajstić information content (AvgIpc) is 2.65. The Hall–Kier alpha value is -1.97. The van der Waals surface area contributed by atoms with Gasteiger partial charge in [0.1, 0.15) is 0 Å². The van der Waals surface area contributed by atoms with Crippen LogP contribution in [0.3, 0.4) is 0 Å². The van der Waals surface area contributed by atoms with Crippen molar-refractivity contribution in [3.63, 3.8) is 0 Å². The van der Waals surface area contributed by atoms with Gasteiger partial charge in [-0.1, -0.05) is 12.1 Å². The lowest BCUT2D eigenvalue weighted by molar-refractivity contribution is -0.868. The van der Waals surface area contributed by atoms with Crippen LogP contribution in [0.4, 0.5) is 11.4 Å². The minimum atomic E-state index is -0.0935. The molecule has 0 fully saturated rings. The minimum absolute atomic E-state index is 0.0916. The number of anilines is 2. The van der Waals surface area contributed by atoms with Crippen molar-refractivity contribution in [1.82, 2.24) is 0 Å². The molecule has 1 aliphatic carbocycles. The van der Waals surface area contributed by atoms with Gasteiger partial charge in [0.15, 0.2) is 11.6 Å². The Morgan fingerprint density at radius 3 is 1.90 bits per heavy atom. The number of nitrogens with one attached hydrogen (secondary N) is 2. The van der Waals surface area contributed by atoms with Gasteiger partial charge in [0.2, 0.25) is 0 Å². The third kappa shape index (κ3) is 5.45. The van der Waals surface area contributed by atoms with Crippen LogP contribution in [0.2, 0.25) is 0 Å². The summed E-state index contributed by atoms with van der Waals surface area (Å²) < 4.78 is 2.58. The molecule has 0 aromatic heterocycles. The van der Waals surface area contributed by atoms with Crippen molar-refractivity contribution in [2.75, 3.05) is 79.1 Å². The lowest BCUT2D eigenvalue weighted by Crippen LogP contribution is -2.39. The first kappa shape index (κ1) is 23.7. The highest BCUT2D eigenvalue weighted by molar-refractivity contribution is 14.1. The first-order valence-corrected chi connectivity index (χ1v) is 11.6. The highest BCUT2D eigenvalue weighted by Crippen LogP contribution is 2.37. The van der Waals surface area contributed by atoms with E-state index in [2.05, 4.69) is 75.5 Å². The number of benzene rings is 2. The maximum absolute atomic E-state index is 13.5. The largest absolute Gasteiger partial charge is 0.379 e. The van der Waals surface area contributed by atoms with Crippen LogP contribution in [-0.2, 0) is 0 Å². The molecule has 6 nitrogen and oxygen atoms in total. The number of nitrogens with zero attached hydrogens (tertiary/aromatic N) is 2. The molecular formula is C24H33IN4O2+2. The van der Waals surface area contributed by atoms with E-state index in [1.807, 2.05) is 18.2 Å². The van der Waals surface area contributed by atoms with Gasteiger partial charge in [-0.25, -0.2) is 0 Å². The van der Waals surface area contributed by atoms with E-state index < -0.39 is 0 Å². The Labute approximate surface area is 198 Å². The average molecular weight is 536 g/mol. The Balaban J connectivity index is 1.96. The zero-order valence-corrected chi connectivity index (χ0v) is 21.5. The van der Waals surface area contributed by atoms with E-state index in [-0.39, 0.29) is 11.6 Å². The second-order valence-electron chi connectivity index (χ2n) is 10.1. The molecule has 0 aliphatic heterocycles. The summed E-state index contributed by atoms with van der Waals surface area (Å²) in [7, 11) is 12.8. The minimum Gasteiger partial charge on any atom is -0.379 e. The van der Waals surface area contributed by atoms with E-state index in [1.165, 1.54) is 0 Å². The molecule has 0 amide bonds. The Morgan fingerprint density at radius 1 is 0.742 bits per heavy atom. The summed E-state index contributed by atoms with van der Waals surface area (Å²) in [6, 6.07) is 9.20. The van der Waals surface area contributed by atoms with E-state index in [4.69, 9.17) is 0 Å². The monoisotopic (exact) mass is 536 g/mol. The molecule has 0 atom stereocenters. The molecule has 7 heteroatoms. The van der Waals surface area contributed by atoms with Crippen molar-refractivity contribution in [2.45, 2.75) is 0 Å². The van der Waals surface area contributed by atoms with Gasteiger partial charge < -0.3 is 19.6 Å². The van der Waals surface area contributed by atoms with E-state index in [9.17, 15) is 9.59 Å². The van der Waals surface area contributed by atoms with Crippen LogP contribution >= 0.6 is 22.6 Å². The van der Waals surface area contributed by atoms with Crippen LogP contribution in [0.15, 0.2) is 30.3 Å². The second-order valence-corrected chi connectivity index (χ2v) is 11.3. The zero-order valence-electron chi connectivity index (χ0n) is 19.3. The number of likely N-dealkylation sites (N-methyl/N-ethyl adjacent to an activating group) is 2. The maximum Gasteiger partial charge on any atom is 0.196 e. The molecule has 3 rings (SSSR count).